The van der Waals surface area contributed by atoms with Crippen LogP contribution in [-0.2, 0) is 18.3 Å². The summed E-state index contributed by atoms with van der Waals surface area (Å²) in [6, 6.07) is 0.771. The summed E-state index contributed by atoms with van der Waals surface area (Å²) in [5.41, 5.74) is 1.56. The number of aromatic nitrogens is 2. The van der Waals surface area contributed by atoms with Crippen LogP contribution in [0.15, 0.2) is 12.4 Å². The van der Waals surface area contributed by atoms with Gasteiger partial charge in [0.15, 0.2) is 0 Å². The van der Waals surface area contributed by atoms with E-state index in [0.717, 1.165) is 38.9 Å². The van der Waals surface area contributed by atoms with Crippen LogP contribution in [0.3, 0.4) is 0 Å². The number of nitrogens with one attached hydrogen (secondary N) is 1. The molecule has 1 saturated carbocycles. The van der Waals surface area contributed by atoms with Gasteiger partial charge in [0.05, 0.1) is 12.8 Å². The van der Waals surface area contributed by atoms with Gasteiger partial charge in [-0.15, -0.1) is 0 Å². The molecule has 1 N–H and O–H groups in total. The second-order valence-electron chi connectivity index (χ2n) is 7.01. The molecule has 0 aromatic carbocycles. The zero-order valence-electron chi connectivity index (χ0n) is 13.3. The summed E-state index contributed by atoms with van der Waals surface area (Å²) >= 11 is 0. The van der Waals surface area contributed by atoms with Crippen LogP contribution >= 0.6 is 0 Å². The first-order chi connectivity index (χ1) is 10.2. The summed E-state index contributed by atoms with van der Waals surface area (Å²) in [5, 5.41) is 7.97. The molecule has 2 heterocycles. The third kappa shape index (κ3) is 4.28. The van der Waals surface area contributed by atoms with Crippen LogP contribution in [0.1, 0.15) is 31.2 Å². The van der Waals surface area contributed by atoms with E-state index in [9.17, 15) is 0 Å². The van der Waals surface area contributed by atoms with Gasteiger partial charge in [-0.25, -0.2) is 0 Å². The number of rotatable bonds is 7. The van der Waals surface area contributed by atoms with E-state index in [1.165, 1.54) is 31.2 Å². The molecule has 1 aliphatic carbocycles. The number of hydrogen-bond acceptors (Lipinski definition) is 4. The van der Waals surface area contributed by atoms with E-state index in [2.05, 4.69) is 28.6 Å². The summed E-state index contributed by atoms with van der Waals surface area (Å²) < 4.78 is 7.68. The number of ether oxygens (including phenoxy) is 1. The summed E-state index contributed by atoms with van der Waals surface area (Å²) in [5.74, 6) is 0. The molecule has 2 aliphatic rings. The molecular formula is C16H28N4O. The van der Waals surface area contributed by atoms with Crippen molar-refractivity contribution in [3.63, 3.8) is 0 Å². The van der Waals surface area contributed by atoms with Crippen molar-refractivity contribution in [2.24, 2.45) is 12.5 Å². The minimum absolute atomic E-state index is 0.276. The molecule has 3 rings (SSSR count). The van der Waals surface area contributed by atoms with Crippen molar-refractivity contribution >= 4 is 0 Å². The fourth-order valence-corrected chi connectivity index (χ4v) is 3.37. The molecule has 21 heavy (non-hydrogen) atoms. The summed E-state index contributed by atoms with van der Waals surface area (Å²) in [7, 11) is 4.18. The second kappa shape index (κ2) is 6.46. The molecule has 1 aromatic heterocycles. The van der Waals surface area contributed by atoms with Gasteiger partial charge in [-0.1, -0.05) is 0 Å². The molecule has 1 aromatic rings. The van der Waals surface area contributed by atoms with E-state index < -0.39 is 0 Å². The average Bonchev–Trinajstić information content (AvgIpc) is 3.21. The van der Waals surface area contributed by atoms with Crippen LogP contribution in [0.4, 0.5) is 0 Å². The van der Waals surface area contributed by atoms with Crippen molar-refractivity contribution in [3.8, 4) is 0 Å². The molecule has 1 saturated heterocycles. The van der Waals surface area contributed by atoms with Crippen molar-refractivity contribution < 1.29 is 4.74 Å². The van der Waals surface area contributed by atoms with Crippen LogP contribution in [-0.4, -0.2) is 54.1 Å². The lowest BCUT2D eigenvalue weighted by Crippen LogP contribution is -2.48. The molecule has 1 aliphatic heterocycles. The summed E-state index contributed by atoms with van der Waals surface area (Å²) in [4.78, 5) is 2.42. The standard InChI is InChI=1S/C16H28N4O/c1-19(9-14-8-18-20(2)10-14)12-16(6-3-7-21-13-16)11-17-15-4-5-15/h8,10,15,17H,3-7,9,11-13H2,1-2H3. The predicted octanol–water partition coefficient (Wildman–Crippen LogP) is 1.40. The predicted molar refractivity (Wildman–Crippen MR) is 83.1 cm³/mol. The van der Waals surface area contributed by atoms with Crippen LogP contribution in [0.5, 0.6) is 0 Å². The van der Waals surface area contributed by atoms with Crippen LogP contribution in [0.25, 0.3) is 0 Å². The van der Waals surface area contributed by atoms with E-state index in [4.69, 9.17) is 4.74 Å². The van der Waals surface area contributed by atoms with Crippen molar-refractivity contribution in [1.82, 2.24) is 20.0 Å². The molecule has 0 radical (unpaired) electrons. The van der Waals surface area contributed by atoms with Crippen LogP contribution in [0, 0.1) is 5.41 Å². The minimum Gasteiger partial charge on any atom is -0.381 e. The van der Waals surface area contributed by atoms with Crippen molar-refractivity contribution in [1.29, 1.82) is 0 Å². The smallest absolute Gasteiger partial charge is 0.0546 e. The lowest BCUT2D eigenvalue weighted by molar-refractivity contribution is -0.0239. The molecule has 0 amide bonds. The maximum atomic E-state index is 5.81. The minimum atomic E-state index is 0.276. The molecule has 0 spiro atoms. The Bertz CT molecular complexity index is 449. The molecule has 1 unspecified atom stereocenters. The quantitative estimate of drug-likeness (QED) is 0.825. The zero-order chi connectivity index (χ0) is 14.7. The van der Waals surface area contributed by atoms with E-state index in [1.807, 2.05) is 17.9 Å². The van der Waals surface area contributed by atoms with Gasteiger partial charge < -0.3 is 15.0 Å². The normalized spacial score (nSPS) is 26.4. The number of hydrogen-bond donors (Lipinski definition) is 1. The monoisotopic (exact) mass is 292 g/mol. The highest BCUT2D eigenvalue weighted by Gasteiger charge is 2.35. The first-order valence-electron chi connectivity index (χ1n) is 8.12. The largest absolute Gasteiger partial charge is 0.381 e. The Morgan fingerprint density at radius 3 is 3.00 bits per heavy atom. The van der Waals surface area contributed by atoms with Crippen LogP contribution in [0.2, 0.25) is 0 Å². The average molecular weight is 292 g/mol. The Morgan fingerprint density at radius 1 is 1.52 bits per heavy atom. The van der Waals surface area contributed by atoms with Gasteiger partial charge in [0.25, 0.3) is 0 Å². The first kappa shape index (κ1) is 15.0. The maximum absolute atomic E-state index is 5.81. The topological polar surface area (TPSA) is 42.3 Å². The molecule has 2 fully saturated rings. The molecule has 5 nitrogen and oxygen atoms in total. The van der Waals surface area contributed by atoms with Crippen molar-refractivity contribution in [2.75, 3.05) is 33.4 Å². The molecule has 0 bridgehead atoms. The summed E-state index contributed by atoms with van der Waals surface area (Å²) in [6.45, 7) is 4.96. The summed E-state index contributed by atoms with van der Waals surface area (Å²) in [6.07, 6.45) is 9.22. The molecule has 5 heteroatoms. The zero-order valence-corrected chi connectivity index (χ0v) is 13.3. The second-order valence-corrected chi connectivity index (χ2v) is 7.01. The lowest BCUT2D eigenvalue weighted by Gasteiger charge is -2.40. The van der Waals surface area contributed by atoms with Gasteiger partial charge in [0.1, 0.15) is 0 Å². The van der Waals surface area contributed by atoms with E-state index in [-0.39, 0.29) is 5.41 Å². The first-order valence-corrected chi connectivity index (χ1v) is 8.12. The Hall–Kier alpha value is -0.910. The fourth-order valence-electron chi connectivity index (χ4n) is 3.37. The van der Waals surface area contributed by atoms with E-state index >= 15 is 0 Å². The van der Waals surface area contributed by atoms with Crippen LogP contribution < -0.4 is 5.32 Å². The third-order valence-corrected chi connectivity index (χ3v) is 4.56. The number of nitrogens with zero attached hydrogens (tertiary/aromatic N) is 3. The third-order valence-electron chi connectivity index (χ3n) is 4.56. The van der Waals surface area contributed by atoms with E-state index in [1.54, 1.807) is 0 Å². The van der Waals surface area contributed by atoms with E-state index in [0.29, 0.717) is 0 Å². The Labute approximate surface area is 127 Å². The highest BCUT2D eigenvalue weighted by atomic mass is 16.5. The highest BCUT2D eigenvalue weighted by Crippen LogP contribution is 2.31. The van der Waals surface area contributed by atoms with Gasteiger partial charge >= 0.3 is 0 Å². The van der Waals surface area contributed by atoms with Gasteiger partial charge in [0.2, 0.25) is 0 Å². The SMILES string of the molecule is CN(Cc1cnn(C)c1)CC1(CNC2CC2)CCCOC1. The number of aryl methyl sites for hydroxylation is 1. The van der Waals surface area contributed by atoms with Gasteiger partial charge in [0, 0.05) is 56.5 Å². The molecular weight excluding hydrogens is 264 g/mol. The Kier molecular flexibility index (Phi) is 4.62. The fraction of sp³-hybridized carbons (Fsp3) is 0.812. The Balaban J connectivity index is 1.56. The Morgan fingerprint density at radius 2 is 2.38 bits per heavy atom. The van der Waals surface area contributed by atoms with Crippen molar-refractivity contribution in [3.05, 3.63) is 18.0 Å². The maximum Gasteiger partial charge on any atom is 0.0546 e. The highest BCUT2D eigenvalue weighted by molar-refractivity contribution is 5.03. The lowest BCUT2D eigenvalue weighted by atomic mass is 9.81. The molecule has 118 valence electrons. The van der Waals surface area contributed by atoms with Gasteiger partial charge in [-0.05, 0) is 32.7 Å². The molecule has 1 atom stereocenters. The van der Waals surface area contributed by atoms with Crippen molar-refractivity contribution in [2.45, 2.75) is 38.3 Å². The van der Waals surface area contributed by atoms with Gasteiger partial charge in [-0.3, -0.25) is 4.68 Å². The van der Waals surface area contributed by atoms with Gasteiger partial charge in [-0.2, -0.15) is 5.10 Å².